The van der Waals surface area contributed by atoms with Crippen molar-refractivity contribution >= 4 is 5.69 Å². The number of para-hydroxylation sites is 1. The number of pyridine rings is 1. The predicted molar refractivity (Wildman–Crippen MR) is 140 cm³/mol. The number of benzene rings is 2. The Morgan fingerprint density at radius 1 is 0.912 bits per heavy atom. The van der Waals surface area contributed by atoms with Crippen molar-refractivity contribution < 1.29 is 25.8 Å². The molecule has 2 atom stereocenters. The molecule has 2 aromatic carbocycles. The van der Waals surface area contributed by atoms with Gasteiger partial charge in [-0.3, -0.25) is 0 Å². The average molecular weight is 613 g/mol. The van der Waals surface area contributed by atoms with Crippen LogP contribution in [-0.2, 0) is 25.8 Å². The quantitative estimate of drug-likeness (QED) is 0.193. The Bertz CT molecular complexity index is 1120. The van der Waals surface area contributed by atoms with Crippen LogP contribution in [0.15, 0.2) is 84.5 Å². The molecular weight excluding hydrogens is 579 g/mol. The Hall–Kier alpha value is -2.26. The SMILES string of the molecule is CC1CC=CC=C1[C@@H]([N-]c1c(C(C)C)cccc1C(C)C)c1cccc(-c2[c-]cccc2)n1.[Hf]. The summed E-state index contributed by atoms with van der Waals surface area (Å²) in [6, 6.07) is 24.1. The zero-order valence-electron chi connectivity index (χ0n) is 20.9. The molecule has 3 aromatic rings. The Morgan fingerprint density at radius 2 is 1.62 bits per heavy atom. The van der Waals surface area contributed by atoms with Crippen LogP contribution in [-0.4, -0.2) is 4.98 Å². The average Bonchev–Trinajstić information content (AvgIpc) is 2.83. The molecule has 1 aliphatic carbocycles. The van der Waals surface area contributed by atoms with Crippen LogP contribution >= 0.6 is 0 Å². The van der Waals surface area contributed by atoms with Gasteiger partial charge in [-0.15, -0.1) is 41.6 Å². The molecule has 2 nitrogen and oxygen atoms in total. The summed E-state index contributed by atoms with van der Waals surface area (Å²) < 4.78 is 0. The van der Waals surface area contributed by atoms with E-state index in [9.17, 15) is 0 Å². The van der Waals surface area contributed by atoms with Crippen molar-refractivity contribution in [3.63, 3.8) is 0 Å². The molecule has 34 heavy (non-hydrogen) atoms. The van der Waals surface area contributed by atoms with Gasteiger partial charge in [0.15, 0.2) is 0 Å². The summed E-state index contributed by atoms with van der Waals surface area (Å²) in [5, 5.41) is 5.51. The Morgan fingerprint density at radius 3 is 2.24 bits per heavy atom. The van der Waals surface area contributed by atoms with Crippen LogP contribution in [0.1, 0.15) is 75.7 Å². The molecule has 0 N–H and O–H groups in total. The van der Waals surface area contributed by atoms with Crippen LogP contribution in [0.3, 0.4) is 0 Å². The molecule has 0 amide bonds. The van der Waals surface area contributed by atoms with Crippen molar-refractivity contribution in [3.05, 3.63) is 113 Å². The minimum atomic E-state index is -0.119. The van der Waals surface area contributed by atoms with Gasteiger partial charge in [0.05, 0.1) is 0 Å². The topological polar surface area (TPSA) is 27.0 Å². The van der Waals surface area contributed by atoms with Gasteiger partial charge in [-0.2, -0.15) is 0 Å². The van der Waals surface area contributed by atoms with E-state index >= 15 is 0 Å². The standard InChI is InChI=1S/C31H34N2.Hf/c1-21(2)25-17-11-18-26(22(3)4)30(25)33-31(27-16-10-9-13-23(27)5)29-20-12-19-28(32-29)24-14-7-6-8-15-24;/h6-12,14,16-23,31H,13H2,1-5H3;/q-2;/t23?,31-;/m1./s1. The van der Waals surface area contributed by atoms with Gasteiger partial charge in [-0.25, -0.2) is 0 Å². The second kappa shape index (κ2) is 11.9. The van der Waals surface area contributed by atoms with E-state index in [1.165, 1.54) is 16.7 Å². The van der Waals surface area contributed by atoms with Crippen LogP contribution in [0.25, 0.3) is 16.6 Å². The van der Waals surface area contributed by atoms with Crippen LogP contribution in [0.2, 0.25) is 0 Å². The van der Waals surface area contributed by atoms with E-state index in [1.54, 1.807) is 0 Å². The van der Waals surface area contributed by atoms with Crippen molar-refractivity contribution in [2.45, 2.75) is 58.9 Å². The fraction of sp³-hybridized carbons (Fsp3) is 0.323. The van der Waals surface area contributed by atoms with E-state index in [1.807, 2.05) is 18.2 Å². The summed E-state index contributed by atoms with van der Waals surface area (Å²) in [6.07, 6.45) is 7.70. The third-order valence-electron chi connectivity index (χ3n) is 6.44. The molecule has 0 bridgehead atoms. The molecule has 0 aliphatic heterocycles. The smallest absolute Gasteiger partial charge is 0.0192 e. The maximum Gasteiger partial charge on any atom is 0.0192 e. The van der Waals surface area contributed by atoms with Gasteiger partial charge < -0.3 is 10.3 Å². The number of hydrogen-bond acceptors (Lipinski definition) is 1. The normalized spacial score (nSPS) is 16.2. The van der Waals surface area contributed by atoms with Crippen molar-refractivity contribution in [1.29, 1.82) is 0 Å². The monoisotopic (exact) mass is 614 g/mol. The van der Waals surface area contributed by atoms with E-state index in [-0.39, 0.29) is 31.9 Å². The Balaban J connectivity index is 0.00000324. The molecule has 0 radical (unpaired) electrons. The summed E-state index contributed by atoms with van der Waals surface area (Å²) in [6.45, 7) is 11.3. The molecule has 1 aliphatic rings. The number of aromatic nitrogens is 1. The van der Waals surface area contributed by atoms with Gasteiger partial charge in [0, 0.05) is 31.5 Å². The number of rotatable bonds is 7. The zero-order chi connectivity index (χ0) is 23.4. The summed E-state index contributed by atoms with van der Waals surface area (Å²) in [4.78, 5) is 5.11. The minimum Gasteiger partial charge on any atom is -0.673 e. The van der Waals surface area contributed by atoms with Crippen LogP contribution in [0, 0.1) is 12.0 Å². The summed E-state index contributed by atoms with van der Waals surface area (Å²) >= 11 is 0. The number of nitrogens with zero attached hydrogens (tertiary/aromatic N) is 2. The third-order valence-corrected chi connectivity index (χ3v) is 6.44. The van der Waals surface area contributed by atoms with Crippen LogP contribution in [0.4, 0.5) is 5.69 Å². The van der Waals surface area contributed by atoms with E-state index in [2.05, 4.69) is 101 Å². The predicted octanol–water partition coefficient (Wildman–Crippen LogP) is 9.06. The molecular formula is C31H34HfN2-2. The van der Waals surface area contributed by atoms with Gasteiger partial charge in [-0.1, -0.05) is 106 Å². The van der Waals surface area contributed by atoms with Crippen LogP contribution < -0.4 is 0 Å². The molecule has 0 fully saturated rings. The van der Waals surface area contributed by atoms with Gasteiger partial charge in [0.2, 0.25) is 0 Å². The molecule has 0 saturated carbocycles. The largest absolute Gasteiger partial charge is 0.673 e. The minimum absolute atomic E-state index is 0. The Kier molecular flexibility index (Phi) is 9.24. The first-order valence-electron chi connectivity index (χ1n) is 12.1. The summed E-state index contributed by atoms with van der Waals surface area (Å²) in [5.41, 5.74) is 8.01. The molecule has 3 heteroatoms. The van der Waals surface area contributed by atoms with Crippen molar-refractivity contribution in [1.82, 2.24) is 4.98 Å². The number of hydrogen-bond donors (Lipinski definition) is 0. The van der Waals surface area contributed by atoms with Gasteiger partial charge in [0.25, 0.3) is 0 Å². The van der Waals surface area contributed by atoms with E-state index < -0.39 is 0 Å². The molecule has 0 saturated heterocycles. The fourth-order valence-corrected chi connectivity index (χ4v) is 4.53. The van der Waals surface area contributed by atoms with Crippen LogP contribution in [0.5, 0.6) is 0 Å². The second-order valence-corrected chi connectivity index (χ2v) is 9.58. The first-order chi connectivity index (χ1) is 16.0. The molecule has 4 rings (SSSR count). The van der Waals surface area contributed by atoms with Crippen molar-refractivity contribution in [2.24, 2.45) is 5.92 Å². The molecule has 1 heterocycles. The van der Waals surface area contributed by atoms with Crippen molar-refractivity contribution in [3.8, 4) is 11.3 Å². The number of allylic oxidation sites excluding steroid dienone is 3. The second-order valence-electron chi connectivity index (χ2n) is 9.58. The maximum atomic E-state index is 5.51. The maximum absolute atomic E-state index is 5.51. The molecule has 174 valence electrons. The van der Waals surface area contributed by atoms with Crippen molar-refractivity contribution in [2.75, 3.05) is 0 Å². The fourth-order valence-electron chi connectivity index (χ4n) is 4.53. The zero-order valence-corrected chi connectivity index (χ0v) is 24.5. The third kappa shape index (κ3) is 5.86. The Labute approximate surface area is 224 Å². The van der Waals surface area contributed by atoms with E-state index in [0.29, 0.717) is 17.8 Å². The summed E-state index contributed by atoms with van der Waals surface area (Å²) in [5.74, 6) is 1.23. The molecule has 0 spiro atoms. The van der Waals surface area contributed by atoms with E-state index in [4.69, 9.17) is 10.3 Å². The van der Waals surface area contributed by atoms with Gasteiger partial charge in [-0.05, 0) is 35.9 Å². The first kappa shape index (κ1) is 26.3. The first-order valence-corrected chi connectivity index (χ1v) is 12.1. The van der Waals surface area contributed by atoms with Gasteiger partial charge >= 0.3 is 0 Å². The van der Waals surface area contributed by atoms with E-state index in [0.717, 1.165) is 29.1 Å². The molecule has 1 aromatic heterocycles. The van der Waals surface area contributed by atoms with Gasteiger partial charge in [0.1, 0.15) is 0 Å². The summed E-state index contributed by atoms with van der Waals surface area (Å²) in [7, 11) is 0. The molecule has 1 unspecified atom stereocenters.